The van der Waals surface area contributed by atoms with Gasteiger partial charge in [0.15, 0.2) is 6.61 Å². The average Bonchev–Trinajstić information content (AvgIpc) is 3.30. The van der Waals surface area contributed by atoms with Gasteiger partial charge in [0.2, 0.25) is 0 Å². The van der Waals surface area contributed by atoms with Crippen LogP contribution in [0.25, 0.3) is 16.3 Å². The number of hydrogen-bond acceptors (Lipinski definition) is 7. The maximum atomic E-state index is 12.2. The van der Waals surface area contributed by atoms with E-state index in [9.17, 15) is 14.9 Å². The van der Waals surface area contributed by atoms with E-state index in [2.05, 4.69) is 16.4 Å². The van der Waals surface area contributed by atoms with Gasteiger partial charge in [0.25, 0.3) is 5.91 Å². The lowest BCUT2D eigenvalue weighted by Crippen LogP contribution is -2.20. The quantitative estimate of drug-likeness (QED) is 0.488. The molecule has 0 bridgehead atoms. The van der Waals surface area contributed by atoms with E-state index in [4.69, 9.17) is 4.74 Å². The van der Waals surface area contributed by atoms with E-state index in [-0.39, 0.29) is 0 Å². The summed E-state index contributed by atoms with van der Waals surface area (Å²) >= 11 is 2.91. The second-order valence-corrected chi connectivity index (χ2v) is 8.70. The lowest BCUT2D eigenvalue weighted by molar-refractivity contribution is -0.142. The van der Waals surface area contributed by atoms with Crippen molar-refractivity contribution in [2.24, 2.45) is 0 Å². The average molecular weight is 424 g/mol. The molecule has 29 heavy (non-hydrogen) atoms. The van der Waals surface area contributed by atoms with Gasteiger partial charge in [-0.2, -0.15) is 5.26 Å². The first-order valence-corrected chi connectivity index (χ1v) is 10.8. The molecule has 2 aromatic heterocycles. The molecule has 2 heterocycles. The summed E-state index contributed by atoms with van der Waals surface area (Å²) in [6, 6.07) is 9.90. The van der Waals surface area contributed by atoms with Crippen LogP contribution >= 0.6 is 22.7 Å². The molecule has 1 aliphatic carbocycles. The standard InChI is InChI=1S/C21H17N3O3S2/c22-11-14-13-5-1-3-7-16(13)29-21(14)24-18(25)12-27-20(26)10-9-19-23-15-6-2-4-8-17(15)28-19/h2,4,6,8-10H,1,3,5,7,12H2,(H,24,25). The molecule has 0 saturated heterocycles. The Balaban J connectivity index is 1.33. The Morgan fingerprint density at radius 1 is 1.24 bits per heavy atom. The number of aryl methyl sites for hydroxylation is 1. The summed E-state index contributed by atoms with van der Waals surface area (Å²) in [7, 11) is 0. The molecule has 0 saturated carbocycles. The number of benzene rings is 1. The van der Waals surface area contributed by atoms with Crippen LogP contribution in [0.5, 0.6) is 0 Å². The zero-order chi connectivity index (χ0) is 20.2. The highest BCUT2D eigenvalue weighted by molar-refractivity contribution is 7.19. The van der Waals surface area contributed by atoms with Crippen molar-refractivity contribution in [3.05, 3.63) is 51.4 Å². The Kier molecular flexibility index (Phi) is 5.69. The molecule has 8 heteroatoms. The molecule has 1 aliphatic rings. The summed E-state index contributed by atoms with van der Waals surface area (Å²) < 4.78 is 6.04. The van der Waals surface area contributed by atoms with Crippen molar-refractivity contribution in [2.75, 3.05) is 11.9 Å². The van der Waals surface area contributed by atoms with Gasteiger partial charge in [-0.3, -0.25) is 4.79 Å². The molecule has 0 spiro atoms. The Bertz CT molecular complexity index is 1120. The molecule has 6 nitrogen and oxygen atoms in total. The van der Waals surface area contributed by atoms with E-state index in [1.54, 1.807) is 6.08 Å². The van der Waals surface area contributed by atoms with Crippen LogP contribution in [0.3, 0.4) is 0 Å². The minimum absolute atomic E-state index is 0.406. The topological polar surface area (TPSA) is 92.1 Å². The molecule has 4 rings (SSSR count). The fraction of sp³-hybridized carbons (Fsp3) is 0.238. The number of esters is 1. The van der Waals surface area contributed by atoms with Gasteiger partial charge in [-0.1, -0.05) is 12.1 Å². The lowest BCUT2D eigenvalue weighted by Gasteiger charge is -2.09. The van der Waals surface area contributed by atoms with Gasteiger partial charge in [0.1, 0.15) is 16.1 Å². The summed E-state index contributed by atoms with van der Waals surface area (Å²) in [6.45, 7) is -0.406. The molecule has 1 N–H and O–H groups in total. The number of aromatic nitrogens is 1. The molecule has 0 radical (unpaired) electrons. The van der Waals surface area contributed by atoms with Gasteiger partial charge < -0.3 is 10.1 Å². The van der Waals surface area contributed by atoms with Crippen LogP contribution in [0.2, 0.25) is 0 Å². The molecule has 0 fully saturated rings. The Hall–Kier alpha value is -3.02. The minimum Gasteiger partial charge on any atom is -0.452 e. The number of para-hydroxylation sites is 1. The van der Waals surface area contributed by atoms with E-state index in [0.717, 1.165) is 41.5 Å². The molecule has 0 unspecified atom stereocenters. The first-order chi connectivity index (χ1) is 14.1. The molecule has 1 aromatic carbocycles. The molecule has 146 valence electrons. The first-order valence-electron chi connectivity index (χ1n) is 9.19. The number of ether oxygens (including phenoxy) is 1. The van der Waals surface area contributed by atoms with Crippen LogP contribution in [-0.2, 0) is 27.2 Å². The SMILES string of the molecule is N#Cc1c(NC(=O)COC(=O)C=Cc2nc3ccccc3s2)sc2c1CCCC2. The Morgan fingerprint density at radius 2 is 2.07 bits per heavy atom. The monoisotopic (exact) mass is 423 g/mol. The molecule has 3 aromatic rings. The van der Waals surface area contributed by atoms with Crippen LogP contribution in [0.1, 0.15) is 33.9 Å². The van der Waals surface area contributed by atoms with Crippen molar-refractivity contribution in [1.82, 2.24) is 4.98 Å². The predicted molar refractivity (Wildman–Crippen MR) is 114 cm³/mol. The third-order valence-electron chi connectivity index (χ3n) is 4.55. The highest BCUT2D eigenvalue weighted by Crippen LogP contribution is 2.37. The van der Waals surface area contributed by atoms with Crippen molar-refractivity contribution in [1.29, 1.82) is 5.26 Å². The third-order valence-corrected chi connectivity index (χ3v) is 6.76. The van der Waals surface area contributed by atoms with Crippen LogP contribution in [-0.4, -0.2) is 23.5 Å². The number of thiazole rings is 1. The fourth-order valence-corrected chi connectivity index (χ4v) is 5.35. The van der Waals surface area contributed by atoms with Crippen LogP contribution in [0.4, 0.5) is 5.00 Å². The van der Waals surface area contributed by atoms with Gasteiger partial charge in [-0.05, 0) is 49.5 Å². The number of carbonyl (C=O) groups is 2. The maximum absolute atomic E-state index is 12.2. The summed E-state index contributed by atoms with van der Waals surface area (Å²) in [4.78, 5) is 29.6. The Morgan fingerprint density at radius 3 is 2.90 bits per heavy atom. The van der Waals surface area contributed by atoms with E-state index < -0.39 is 18.5 Å². The molecule has 0 atom stereocenters. The van der Waals surface area contributed by atoms with Crippen molar-refractivity contribution >= 4 is 55.8 Å². The van der Waals surface area contributed by atoms with Crippen LogP contribution < -0.4 is 5.32 Å². The summed E-state index contributed by atoms with van der Waals surface area (Å²) in [5.74, 6) is -1.08. The normalized spacial score (nSPS) is 13.2. The van der Waals surface area contributed by atoms with Crippen molar-refractivity contribution in [2.45, 2.75) is 25.7 Å². The first kappa shape index (κ1) is 19.3. The second kappa shape index (κ2) is 8.55. The second-order valence-electron chi connectivity index (χ2n) is 6.54. The minimum atomic E-state index is -0.620. The Labute approximate surface area is 175 Å². The highest BCUT2D eigenvalue weighted by atomic mass is 32.1. The third kappa shape index (κ3) is 4.36. The van der Waals surface area contributed by atoms with E-state index in [1.807, 2.05) is 24.3 Å². The van der Waals surface area contributed by atoms with Crippen molar-refractivity contribution < 1.29 is 14.3 Å². The van der Waals surface area contributed by atoms with Crippen LogP contribution in [0.15, 0.2) is 30.3 Å². The van der Waals surface area contributed by atoms with Gasteiger partial charge in [0.05, 0.1) is 15.8 Å². The van der Waals surface area contributed by atoms with Gasteiger partial charge >= 0.3 is 5.97 Å². The number of hydrogen-bond donors (Lipinski definition) is 1. The van der Waals surface area contributed by atoms with Crippen molar-refractivity contribution in [3.63, 3.8) is 0 Å². The number of carbonyl (C=O) groups excluding carboxylic acids is 2. The number of nitrogens with one attached hydrogen (secondary N) is 1. The number of thiophene rings is 1. The van der Waals surface area contributed by atoms with Gasteiger partial charge in [0, 0.05) is 11.0 Å². The number of rotatable bonds is 5. The molecule has 1 amide bonds. The van der Waals surface area contributed by atoms with E-state index in [0.29, 0.717) is 15.6 Å². The number of amides is 1. The number of fused-ring (bicyclic) bond motifs is 2. The maximum Gasteiger partial charge on any atom is 0.331 e. The summed E-state index contributed by atoms with van der Waals surface area (Å²) in [5.41, 5.74) is 2.46. The van der Waals surface area contributed by atoms with E-state index in [1.165, 1.54) is 33.6 Å². The molecular weight excluding hydrogens is 406 g/mol. The smallest absolute Gasteiger partial charge is 0.331 e. The number of nitriles is 1. The fourth-order valence-electron chi connectivity index (χ4n) is 3.22. The van der Waals surface area contributed by atoms with E-state index >= 15 is 0 Å². The zero-order valence-corrected chi connectivity index (χ0v) is 17.1. The van der Waals surface area contributed by atoms with Crippen molar-refractivity contribution in [3.8, 4) is 6.07 Å². The molecule has 0 aliphatic heterocycles. The zero-order valence-electron chi connectivity index (χ0n) is 15.4. The number of nitrogens with zero attached hydrogens (tertiary/aromatic N) is 2. The largest absolute Gasteiger partial charge is 0.452 e. The van der Waals surface area contributed by atoms with Gasteiger partial charge in [-0.25, -0.2) is 9.78 Å². The lowest BCUT2D eigenvalue weighted by atomic mass is 9.96. The predicted octanol–water partition coefficient (Wildman–Crippen LogP) is 4.30. The van der Waals surface area contributed by atoms with Crippen LogP contribution in [0, 0.1) is 11.3 Å². The highest BCUT2D eigenvalue weighted by Gasteiger charge is 2.22. The van der Waals surface area contributed by atoms with Gasteiger partial charge in [-0.15, -0.1) is 22.7 Å². The molecular formula is C21H17N3O3S2. The summed E-state index contributed by atoms with van der Waals surface area (Å²) in [5, 5.41) is 13.4. The number of anilines is 1. The summed E-state index contributed by atoms with van der Waals surface area (Å²) in [6.07, 6.45) is 6.81.